The Balaban J connectivity index is 1.45. The molecule has 0 aliphatic heterocycles. The largest absolute Gasteiger partial charge is 0.494 e. The molecule has 2 aromatic rings. The quantitative estimate of drug-likeness (QED) is 0.517. The third kappa shape index (κ3) is 5.85. The van der Waals surface area contributed by atoms with Crippen LogP contribution in [0, 0.1) is 5.92 Å². The zero-order valence-electron chi connectivity index (χ0n) is 17.0. The van der Waals surface area contributed by atoms with Crippen LogP contribution in [0.25, 0.3) is 0 Å². The minimum Gasteiger partial charge on any atom is -0.494 e. The maximum Gasteiger partial charge on any atom is 0.251 e. The summed E-state index contributed by atoms with van der Waals surface area (Å²) in [5, 5.41) is 3.15. The molecule has 0 bridgehead atoms. The van der Waals surface area contributed by atoms with Gasteiger partial charge in [-0.25, -0.2) is 0 Å². The monoisotopic (exact) mass is 379 g/mol. The molecule has 0 heterocycles. The first kappa shape index (κ1) is 20.4. The standard InChI is InChI=1S/C25H33NO2/c1-2-3-4-8-18-28-23-16-14-21(15-17-23)25(27)26-19-22-12-9-13-24(22)20-10-6-5-7-11-20/h5-7,10-11,14-17,22,24H,2-4,8-9,12-13,18-19H2,1H3,(H,26,27). The van der Waals surface area contributed by atoms with Crippen molar-refractivity contribution in [1.29, 1.82) is 0 Å². The first-order chi connectivity index (χ1) is 13.8. The molecule has 1 N–H and O–H groups in total. The zero-order valence-corrected chi connectivity index (χ0v) is 17.0. The highest BCUT2D eigenvalue weighted by atomic mass is 16.5. The molecule has 150 valence electrons. The van der Waals surface area contributed by atoms with Gasteiger partial charge in [0.15, 0.2) is 0 Å². The molecule has 1 aliphatic rings. The number of carbonyl (C=O) groups excluding carboxylic acids is 1. The molecule has 28 heavy (non-hydrogen) atoms. The van der Waals surface area contributed by atoms with Crippen LogP contribution in [0.3, 0.4) is 0 Å². The Labute approximate surface area is 169 Å². The molecule has 2 atom stereocenters. The van der Waals surface area contributed by atoms with E-state index in [1.807, 2.05) is 24.3 Å². The summed E-state index contributed by atoms with van der Waals surface area (Å²) in [4.78, 5) is 12.5. The highest BCUT2D eigenvalue weighted by molar-refractivity contribution is 5.94. The van der Waals surface area contributed by atoms with Crippen molar-refractivity contribution in [3.63, 3.8) is 0 Å². The summed E-state index contributed by atoms with van der Waals surface area (Å²) in [5.41, 5.74) is 2.10. The molecule has 3 nitrogen and oxygen atoms in total. The number of hydrogen-bond donors (Lipinski definition) is 1. The van der Waals surface area contributed by atoms with E-state index in [0.29, 0.717) is 17.4 Å². The van der Waals surface area contributed by atoms with Gasteiger partial charge in [-0.15, -0.1) is 0 Å². The average molecular weight is 380 g/mol. The van der Waals surface area contributed by atoms with E-state index in [1.165, 1.54) is 44.1 Å². The molecule has 3 heteroatoms. The first-order valence-electron chi connectivity index (χ1n) is 10.8. The number of benzene rings is 2. The summed E-state index contributed by atoms with van der Waals surface area (Å²) in [5.74, 6) is 1.93. The predicted molar refractivity (Wildman–Crippen MR) is 115 cm³/mol. The van der Waals surface area contributed by atoms with E-state index in [1.54, 1.807) is 0 Å². The summed E-state index contributed by atoms with van der Waals surface area (Å²) >= 11 is 0. The molecule has 0 radical (unpaired) electrons. The molecule has 1 aliphatic carbocycles. The van der Waals surface area contributed by atoms with Gasteiger partial charge in [0.2, 0.25) is 0 Å². The van der Waals surface area contributed by atoms with Crippen molar-refractivity contribution in [3.05, 3.63) is 65.7 Å². The van der Waals surface area contributed by atoms with Crippen LogP contribution in [-0.4, -0.2) is 19.1 Å². The molecule has 2 aromatic carbocycles. The number of unbranched alkanes of at least 4 members (excludes halogenated alkanes) is 3. The van der Waals surface area contributed by atoms with Gasteiger partial charge in [0.05, 0.1) is 6.61 Å². The van der Waals surface area contributed by atoms with Gasteiger partial charge in [0.25, 0.3) is 5.91 Å². The fourth-order valence-electron chi connectivity index (χ4n) is 4.17. The number of rotatable bonds is 10. The molecule has 0 aromatic heterocycles. The molecular weight excluding hydrogens is 346 g/mol. The summed E-state index contributed by atoms with van der Waals surface area (Å²) in [6, 6.07) is 18.2. The molecule has 1 fully saturated rings. The van der Waals surface area contributed by atoms with Crippen LogP contribution >= 0.6 is 0 Å². The van der Waals surface area contributed by atoms with Gasteiger partial charge in [-0.3, -0.25) is 4.79 Å². The van der Waals surface area contributed by atoms with Crippen molar-refractivity contribution in [1.82, 2.24) is 5.32 Å². The zero-order chi connectivity index (χ0) is 19.6. The second-order valence-corrected chi connectivity index (χ2v) is 7.85. The SMILES string of the molecule is CCCCCCOc1ccc(C(=O)NCC2CCCC2c2ccccc2)cc1. The van der Waals surface area contributed by atoms with Crippen LogP contribution in [0.4, 0.5) is 0 Å². The van der Waals surface area contributed by atoms with Crippen molar-refractivity contribution in [2.45, 2.75) is 57.8 Å². The average Bonchev–Trinajstić information content (AvgIpc) is 3.21. The molecule has 3 rings (SSSR count). The highest BCUT2D eigenvalue weighted by Crippen LogP contribution is 2.39. The van der Waals surface area contributed by atoms with Crippen LogP contribution in [0.2, 0.25) is 0 Å². The van der Waals surface area contributed by atoms with Crippen LogP contribution in [0.1, 0.15) is 73.7 Å². The summed E-state index contributed by atoms with van der Waals surface area (Å²) in [6.45, 7) is 3.70. The van der Waals surface area contributed by atoms with E-state index in [0.717, 1.165) is 25.3 Å². The van der Waals surface area contributed by atoms with Crippen LogP contribution in [0.5, 0.6) is 5.75 Å². The van der Waals surface area contributed by atoms with Gasteiger partial charge in [0, 0.05) is 12.1 Å². The Bertz CT molecular complexity index is 711. The summed E-state index contributed by atoms with van der Waals surface area (Å²) in [7, 11) is 0. The van der Waals surface area contributed by atoms with Crippen LogP contribution in [-0.2, 0) is 0 Å². The second kappa shape index (κ2) is 10.9. The minimum atomic E-state index is 0.00760. The van der Waals surface area contributed by atoms with E-state index >= 15 is 0 Å². The Kier molecular flexibility index (Phi) is 7.95. The fourth-order valence-corrected chi connectivity index (χ4v) is 4.17. The lowest BCUT2D eigenvalue weighted by Crippen LogP contribution is -2.30. The number of nitrogens with one attached hydrogen (secondary N) is 1. The van der Waals surface area contributed by atoms with Gasteiger partial charge in [-0.05, 0) is 60.9 Å². The van der Waals surface area contributed by atoms with Gasteiger partial charge < -0.3 is 10.1 Å². The van der Waals surface area contributed by atoms with Gasteiger partial charge in [0.1, 0.15) is 5.75 Å². The molecule has 0 spiro atoms. The Morgan fingerprint density at radius 1 is 1.00 bits per heavy atom. The summed E-state index contributed by atoms with van der Waals surface area (Å²) < 4.78 is 5.76. The summed E-state index contributed by atoms with van der Waals surface area (Å²) in [6.07, 6.45) is 8.43. The first-order valence-corrected chi connectivity index (χ1v) is 10.8. The highest BCUT2D eigenvalue weighted by Gasteiger charge is 2.28. The van der Waals surface area contributed by atoms with Gasteiger partial charge >= 0.3 is 0 Å². The van der Waals surface area contributed by atoms with Crippen molar-refractivity contribution >= 4 is 5.91 Å². The van der Waals surface area contributed by atoms with E-state index in [4.69, 9.17) is 4.74 Å². The topological polar surface area (TPSA) is 38.3 Å². The lowest BCUT2D eigenvalue weighted by molar-refractivity contribution is 0.0946. The van der Waals surface area contributed by atoms with Crippen LogP contribution in [0.15, 0.2) is 54.6 Å². The Morgan fingerprint density at radius 3 is 2.54 bits per heavy atom. The molecular formula is C25H33NO2. The second-order valence-electron chi connectivity index (χ2n) is 7.85. The number of amides is 1. The van der Waals surface area contributed by atoms with Gasteiger partial charge in [-0.2, -0.15) is 0 Å². The van der Waals surface area contributed by atoms with E-state index < -0.39 is 0 Å². The van der Waals surface area contributed by atoms with E-state index in [-0.39, 0.29) is 5.91 Å². The minimum absolute atomic E-state index is 0.00760. The molecule has 1 saturated carbocycles. The predicted octanol–water partition coefficient (Wildman–Crippen LogP) is 5.96. The lowest BCUT2D eigenvalue weighted by atomic mass is 9.89. The van der Waals surface area contributed by atoms with Crippen LogP contribution < -0.4 is 10.1 Å². The van der Waals surface area contributed by atoms with Crippen molar-refractivity contribution in [2.24, 2.45) is 5.92 Å². The third-order valence-electron chi connectivity index (χ3n) is 5.79. The maximum atomic E-state index is 12.5. The Morgan fingerprint density at radius 2 is 1.79 bits per heavy atom. The van der Waals surface area contributed by atoms with E-state index in [9.17, 15) is 4.79 Å². The number of carbonyl (C=O) groups is 1. The Hall–Kier alpha value is -2.29. The fraction of sp³-hybridized carbons (Fsp3) is 0.480. The molecule has 2 unspecified atom stereocenters. The van der Waals surface area contributed by atoms with Gasteiger partial charge in [-0.1, -0.05) is 62.9 Å². The normalized spacial score (nSPS) is 18.8. The third-order valence-corrected chi connectivity index (χ3v) is 5.79. The number of ether oxygens (including phenoxy) is 1. The van der Waals surface area contributed by atoms with Crippen molar-refractivity contribution in [2.75, 3.05) is 13.2 Å². The molecule has 1 amide bonds. The van der Waals surface area contributed by atoms with Crippen molar-refractivity contribution < 1.29 is 9.53 Å². The smallest absolute Gasteiger partial charge is 0.251 e. The molecule has 0 saturated heterocycles. The lowest BCUT2D eigenvalue weighted by Gasteiger charge is -2.20. The van der Waals surface area contributed by atoms with E-state index in [2.05, 4.69) is 42.6 Å². The van der Waals surface area contributed by atoms with Crippen molar-refractivity contribution in [3.8, 4) is 5.75 Å². The number of hydrogen-bond acceptors (Lipinski definition) is 2. The maximum absolute atomic E-state index is 12.5.